The quantitative estimate of drug-likeness (QED) is 0.714. The monoisotopic (exact) mass is 273 g/mol. The van der Waals surface area contributed by atoms with Gasteiger partial charge in [-0.2, -0.15) is 0 Å². The molecule has 1 atom stereocenters. The number of aromatic amines is 1. The van der Waals surface area contributed by atoms with Crippen LogP contribution in [0.4, 0.5) is 0 Å². The van der Waals surface area contributed by atoms with Gasteiger partial charge in [-0.05, 0) is 20.3 Å². The van der Waals surface area contributed by atoms with Crippen LogP contribution in [0.2, 0.25) is 0 Å². The molecule has 0 saturated heterocycles. The molecule has 1 heterocycles. The third kappa shape index (κ3) is 4.78. The van der Waals surface area contributed by atoms with E-state index in [0.29, 0.717) is 5.82 Å². The molecule has 1 aromatic rings. The Hall–Kier alpha value is -0.880. The number of aryl methyl sites for hydroxylation is 1. The van der Waals surface area contributed by atoms with Crippen molar-refractivity contribution in [2.75, 3.05) is 0 Å². The van der Waals surface area contributed by atoms with Crippen LogP contribution in [-0.4, -0.2) is 24.4 Å². The van der Waals surface area contributed by atoms with Crippen LogP contribution in [0.1, 0.15) is 51.8 Å². The fraction of sp³-hybridized carbons (Fsp3) is 0.750. The van der Waals surface area contributed by atoms with Crippen LogP contribution in [0.15, 0.2) is 11.2 Å². The zero-order valence-electron chi connectivity index (χ0n) is 11.4. The molecule has 0 aliphatic carbocycles. The van der Waals surface area contributed by atoms with Crippen molar-refractivity contribution in [2.45, 2.75) is 63.9 Å². The zero-order chi connectivity index (χ0) is 13.6. The number of unbranched alkanes of at least 4 members (excludes halogenated alkanes) is 3. The number of aromatic nitrogens is 2. The number of rotatable bonds is 8. The average Bonchev–Trinajstić information content (AvgIpc) is 2.71. The second-order valence-electron chi connectivity index (χ2n) is 4.70. The lowest BCUT2D eigenvalue weighted by Crippen LogP contribution is -2.32. The zero-order valence-corrected chi connectivity index (χ0v) is 12.2. The van der Waals surface area contributed by atoms with Gasteiger partial charge < -0.3 is 4.98 Å². The third-order valence-electron chi connectivity index (χ3n) is 2.82. The minimum absolute atomic E-state index is 0.0459. The maximum absolute atomic E-state index is 12.0. The molecule has 0 aliphatic rings. The molecule has 0 fully saturated rings. The van der Waals surface area contributed by atoms with E-state index < -0.39 is 10.0 Å². The molecular weight excluding hydrogens is 250 g/mol. The van der Waals surface area contributed by atoms with Gasteiger partial charge in [-0.1, -0.05) is 32.6 Å². The molecule has 0 aliphatic heterocycles. The Morgan fingerprint density at radius 1 is 1.39 bits per heavy atom. The first-order valence-electron chi connectivity index (χ1n) is 6.49. The van der Waals surface area contributed by atoms with E-state index in [1.807, 2.05) is 6.92 Å². The molecule has 0 aromatic carbocycles. The predicted molar refractivity (Wildman–Crippen MR) is 71.9 cm³/mol. The smallest absolute Gasteiger partial charge is 0.257 e. The van der Waals surface area contributed by atoms with Crippen molar-refractivity contribution in [1.82, 2.24) is 14.7 Å². The molecule has 0 amide bonds. The van der Waals surface area contributed by atoms with Crippen LogP contribution in [0, 0.1) is 6.92 Å². The summed E-state index contributed by atoms with van der Waals surface area (Å²) in [6.45, 7) is 5.78. The second-order valence-corrected chi connectivity index (χ2v) is 6.39. The van der Waals surface area contributed by atoms with Crippen LogP contribution in [0.5, 0.6) is 0 Å². The molecule has 0 bridgehead atoms. The molecule has 1 rings (SSSR count). The lowest BCUT2D eigenvalue weighted by Gasteiger charge is -2.12. The van der Waals surface area contributed by atoms with Crippen LogP contribution in [0.3, 0.4) is 0 Å². The van der Waals surface area contributed by atoms with Crippen LogP contribution < -0.4 is 4.72 Å². The van der Waals surface area contributed by atoms with Crippen molar-refractivity contribution in [3.05, 3.63) is 12.0 Å². The Balaban J connectivity index is 2.45. The van der Waals surface area contributed by atoms with E-state index in [-0.39, 0.29) is 11.1 Å². The fourth-order valence-electron chi connectivity index (χ4n) is 1.80. The van der Waals surface area contributed by atoms with E-state index in [2.05, 4.69) is 21.6 Å². The molecule has 6 heteroatoms. The van der Waals surface area contributed by atoms with Crippen molar-refractivity contribution in [2.24, 2.45) is 0 Å². The Morgan fingerprint density at radius 2 is 2.11 bits per heavy atom. The predicted octanol–water partition coefficient (Wildman–Crippen LogP) is 2.36. The van der Waals surface area contributed by atoms with Gasteiger partial charge in [0.25, 0.3) is 10.0 Å². The summed E-state index contributed by atoms with van der Waals surface area (Å²) in [6, 6.07) is -0.0459. The Bertz CT molecular complexity index is 454. The summed E-state index contributed by atoms with van der Waals surface area (Å²) in [4.78, 5) is 6.64. The molecular formula is C12H23N3O2S. The lowest BCUT2D eigenvalue weighted by molar-refractivity contribution is 0.520. The maximum Gasteiger partial charge on any atom is 0.257 e. The van der Waals surface area contributed by atoms with Crippen molar-refractivity contribution < 1.29 is 8.42 Å². The second kappa shape index (κ2) is 6.89. The van der Waals surface area contributed by atoms with Gasteiger partial charge >= 0.3 is 0 Å². The summed E-state index contributed by atoms with van der Waals surface area (Å²) in [5.41, 5.74) is 0. The summed E-state index contributed by atoms with van der Waals surface area (Å²) >= 11 is 0. The van der Waals surface area contributed by atoms with Gasteiger partial charge in [0, 0.05) is 6.04 Å². The van der Waals surface area contributed by atoms with E-state index in [1.54, 1.807) is 6.92 Å². The standard InChI is InChI=1S/C12H23N3O2S/c1-4-5-6-7-8-10(2)15-18(16,17)12-9-13-11(3)14-12/h9-10,15H,4-8H2,1-3H3,(H,13,14). The summed E-state index contributed by atoms with van der Waals surface area (Å²) < 4.78 is 26.6. The minimum atomic E-state index is -3.45. The number of sulfonamides is 1. The molecule has 1 aromatic heterocycles. The van der Waals surface area contributed by atoms with Gasteiger partial charge in [-0.3, -0.25) is 0 Å². The summed E-state index contributed by atoms with van der Waals surface area (Å²) in [5.74, 6) is 0.603. The molecule has 0 saturated carbocycles. The number of nitrogens with one attached hydrogen (secondary N) is 2. The molecule has 1 unspecified atom stereocenters. The third-order valence-corrected chi connectivity index (χ3v) is 4.32. The van der Waals surface area contributed by atoms with Gasteiger partial charge in [-0.15, -0.1) is 0 Å². The first kappa shape index (κ1) is 15.2. The Morgan fingerprint density at radius 3 is 2.67 bits per heavy atom. The number of imidazole rings is 1. The van der Waals surface area contributed by atoms with Crippen molar-refractivity contribution in [3.63, 3.8) is 0 Å². The van der Waals surface area contributed by atoms with E-state index in [9.17, 15) is 8.42 Å². The first-order chi connectivity index (χ1) is 8.45. The molecule has 104 valence electrons. The largest absolute Gasteiger partial charge is 0.332 e. The van der Waals surface area contributed by atoms with Gasteiger partial charge in [0.05, 0.1) is 6.20 Å². The minimum Gasteiger partial charge on any atom is -0.332 e. The van der Waals surface area contributed by atoms with Crippen LogP contribution in [0.25, 0.3) is 0 Å². The highest BCUT2D eigenvalue weighted by atomic mass is 32.2. The van der Waals surface area contributed by atoms with Crippen LogP contribution in [-0.2, 0) is 10.0 Å². The fourth-order valence-corrected chi connectivity index (χ4v) is 3.05. The van der Waals surface area contributed by atoms with E-state index >= 15 is 0 Å². The molecule has 0 radical (unpaired) electrons. The normalized spacial score (nSPS) is 13.7. The van der Waals surface area contributed by atoms with Crippen LogP contribution >= 0.6 is 0 Å². The van der Waals surface area contributed by atoms with Gasteiger partial charge in [0.15, 0.2) is 5.03 Å². The van der Waals surface area contributed by atoms with Crippen molar-refractivity contribution in [1.29, 1.82) is 0 Å². The highest BCUT2D eigenvalue weighted by Gasteiger charge is 2.18. The van der Waals surface area contributed by atoms with Crippen molar-refractivity contribution >= 4 is 10.0 Å². The molecule has 18 heavy (non-hydrogen) atoms. The van der Waals surface area contributed by atoms with Gasteiger partial charge in [0.1, 0.15) is 5.82 Å². The highest BCUT2D eigenvalue weighted by molar-refractivity contribution is 7.89. The summed E-state index contributed by atoms with van der Waals surface area (Å²) in [5, 5.41) is 0.139. The first-order valence-corrected chi connectivity index (χ1v) is 7.98. The number of hydrogen-bond donors (Lipinski definition) is 2. The lowest BCUT2D eigenvalue weighted by atomic mass is 10.1. The molecule has 5 nitrogen and oxygen atoms in total. The average molecular weight is 273 g/mol. The maximum atomic E-state index is 12.0. The topological polar surface area (TPSA) is 74.8 Å². The Labute approximate surface area is 109 Å². The molecule has 0 spiro atoms. The number of hydrogen-bond acceptors (Lipinski definition) is 3. The molecule has 2 N–H and O–H groups in total. The Kier molecular flexibility index (Phi) is 5.81. The van der Waals surface area contributed by atoms with Gasteiger partial charge in [0.2, 0.25) is 0 Å². The van der Waals surface area contributed by atoms with E-state index in [0.717, 1.165) is 19.3 Å². The SMILES string of the molecule is CCCCCCC(C)NS(=O)(=O)c1cnc(C)[nH]1. The number of H-pyrrole nitrogens is 1. The number of nitrogens with zero attached hydrogens (tertiary/aromatic N) is 1. The summed E-state index contributed by atoms with van der Waals surface area (Å²) in [7, 11) is -3.45. The summed E-state index contributed by atoms with van der Waals surface area (Å²) in [6.07, 6.45) is 6.83. The van der Waals surface area contributed by atoms with E-state index in [1.165, 1.54) is 19.0 Å². The van der Waals surface area contributed by atoms with Crippen molar-refractivity contribution in [3.8, 4) is 0 Å². The van der Waals surface area contributed by atoms with E-state index in [4.69, 9.17) is 0 Å². The van der Waals surface area contributed by atoms with Gasteiger partial charge in [-0.25, -0.2) is 18.1 Å². The highest BCUT2D eigenvalue weighted by Crippen LogP contribution is 2.09.